The first kappa shape index (κ1) is 20.1. The first-order valence-electron chi connectivity index (χ1n) is 9.65. The van der Waals surface area contributed by atoms with Crippen molar-refractivity contribution in [1.82, 2.24) is 19.8 Å². The van der Waals surface area contributed by atoms with E-state index in [0.717, 1.165) is 5.56 Å². The van der Waals surface area contributed by atoms with E-state index in [1.54, 1.807) is 23.8 Å². The predicted molar refractivity (Wildman–Crippen MR) is 114 cm³/mol. The Morgan fingerprint density at radius 2 is 2.10 bits per heavy atom. The Kier molecular flexibility index (Phi) is 5.54. The van der Waals surface area contributed by atoms with Crippen LogP contribution in [0.25, 0.3) is 10.2 Å². The lowest BCUT2D eigenvalue weighted by molar-refractivity contribution is 0.0756. The molecule has 1 aliphatic heterocycles. The van der Waals surface area contributed by atoms with E-state index in [-0.39, 0.29) is 24.1 Å². The summed E-state index contributed by atoms with van der Waals surface area (Å²) in [5.74, 6) is -0.136. The number of carbonyl (C=O) groups excluding carboxylic acids is 2. The van der Waals surface area contributed by atoms with Gasteiger partial charge in [-0.2, -0.15) is 0 Å². The van der Waals surface area contributed by atoms with Crippen molar-refractivity contribution in [2.45, 2.75) is 26.0 Å². The SMILES string of the molecule is Cc1c(C(=O)N2CCC(N(C)C(=O)OCc3ccccc3)C2)sc2nc[nH]c(=O)c12. The average Bonchev–Trinajstić information content (AvgIpc) is 3.38. The number of benzene rings is 1. The Morgan fingerprint density at radius 1 is 1.33 bits per heavy atom. The molecule has 0 aliphatic carbocycles. The number of aromatic amines is 1. The molecule has 2 amide bonds. The fourth-order valence-electron chi connectivity index (χ4n) is 3.64. The molecule has 1 aliphatic rings. The number of fused-ring (bicyclic) bond motifs is 1. The fourth-order valence-corrected chi connectivity index (χ4v) is 4.76. The van der Waals surface area contributed by atoms with Crippen LogP contribution in [-0.2, 0) is 11.3 Å². The minimum absolute atomic E-state index is 0.117. The van der Waals surface area contributed by atoms with Crippen molar-refractivity contribution in [3.63, 3.8) is 0 Å². The first-order valence-corrected chi connectivity index (χ1v) is 10.5. The second-order valence-electron chi connectivity index (χ2n) is 7.31. The van der Waals surface area contributed by atoms with Crippen LogP contribution in [0.2, 0.25) is 0 Å². The lowest BCUT2D eigenvalue weighted by Crippen LogP contribution is -2.40. The highest BCUT2D eigenvalue weighted by molar-refractivity contribution is 7.20. The summed E-state index contributed by atoms with van der Waals surface area (Å²) >= 11 is 1.23. The Balaban J connectivity index is 1.41. The molecule has 1 atom stereocenters. The average molecular weight is 426 g/mol. The number of likely N-dealkylation sites (N-methyl/N-ethyl adjacent to an activating group) is 1. The number of nitrogens with zero attached hydrogens (tertiary/aromatic N) is 3. The van der Waals surface area contributed by atoms with E-state index in [9.17, 15) is 14.4 Å². The molecule has 8 nitrogen and oxygen atoms in total. The van der Waals surface area contributed by atoms with Gasteiger partial charge in [-0.1, -0.05) is 30.3 Å². The molecule has 30 heavy (non-hydrogen) atoms. The monoisotopic (exact) mass is 426 g/mol. The number of aromatic nitrogens is 2. The highest BCUT2D eigenvalue weighted by Crippen LogP contribution is 2.29. The van der Waals surface area contributed by atoms with Crippen molar-refractivity contribution in [2.75, 3.05) is 20.1 Å². The summed E-state index contributed by atoms with van der Waals surface area (Å²) in [6, 6.07) is 9.38. The maximum atomic E-state index is 13.1. The molecule has 4 rings (SSSR count). The molecular formula is C21H22N4O4S. The van der Waals surface area contributed by atoms with Gasteiger partial charge < -0.3 is 19.5 Å². The second kappa shape index (κ2) is 8.27. The largest absolute Gasteiger partial charge is 0.445 e. The van der Waals surface area contributed by atoms with Crippen molar-refractivity contribution < 1.29 is 14.3 Å². The number of amides is 2. The highest BCUT2D eigenvalue weighted by atomic mass is 32.1. The summed E-state index contributed by atoms with van der Waals surface area (Å²) in [7, 11) is 1.69. The van der Waals surface area contributed by atoms with Crippen LogP contribution >= 0.6 is 11.3 Å². The third-order valence-corrected chi connectivity index (χ3v) is 6.61. The number of H-pyrrole nitrogens is 1. The number of hydrogen-bond donors (Lipinski definition) is 1. The van der Waals surface area contributed by atoms with Gasteiger partial charge in [0.15, 0.2) is 0 Å². The highest BCUT2D eigenvalue weighted by Gasteiger charge is 2.33. The van der Waals surface area contributed by atoms with Gasteiger partial charge in [-0.15, -0.1) is 11.3 Å². The number of ether oxygens (including phenoxy) is 1. The normalized spacial score (nSPS) is 16.1. The van der Waals surface area contributed by atoms with Gasteiger partial charge in [0.1, 0.15) is 11.4 Å². The van der Waals surface area contributed by atoms with E-state index in [0.29, 0.717) is 40.2 Å². The number of nitrogens with one attached hydrogen (secondary N) is 1. The van der Waals surface area contributed by atoms with Crippen LogP contribution in [0.3, 0.4) is 0 Å². The molecular weight excluding hydrogens is 404 g/mol. The van der Waals surface area contributed by atoms with Gasteiger partial charge in [0.05, 0.1) is 22.6 Å². The number of carbonyl (C=O) groups is 2. The van der Waals surface area contributed by atoms with E-state index in [1.165, 1.54) is 17.7 Å². The molecule has 3 aromatic rings. The molecule has 0 saturated carbocycles. The van der Waals surface area contributed by atoms with Gasteiger partial charge in [-0.3, -0.25) is 9.59 Å². The van der Waals surface area contributed by atoms with E-state index < -0.39 is 6.09 Å². The van der Waals surface area contributed by atoms with Crippen LogP contribution in [0.1, 0.15) is 27.2 Å². The van der Waals surface area contributed by atoms with Crippen LogP contribution in [0, 0.1) is 6.92 Å². The second-order valence-corrected chi connectivity index (χ2v) is 8.31. The number of likely N-dealkylation sites (tertiary alicyclic amines) is 1. The summed E-state index contributed by atoms with van der Waals surface area (Å²) in [6.07, 6.45) is 1.61. The van der Waals surface area contributed by atoms with E-state index >= 15 is 0 Å². The van der Waals surface area contributed by atoms with Gasteiger partial charge in [-0.05, 0) is 24.5 Å². The van der Waals surface area contributed by atoms with Gasteiger partial charge >= 0.3 is 6.09 Å². The zero-order valence-electron chi connectivity index (χ0n) is 16.8. The number of hydrogen-bond acceptors (Lipinski definition) is 6. The molecule has 2 aromatic heterocycles. The van der Waals surface area contributed by atoms with Crippen LogP contribution in [0.5, 0.6) is 0 Å². The molecule has 1 fully saturated rings. The van der Waals surface area contributed by atoms with E-state index in [4.69, 9.17) is 4.74 Å². The molecule has 3 heterocycles. The maximum absolute atomic E-state index is 13.1. The third-order valence-electron chi connectivity index (χ3n) is 5.42. The van der Waals surface area contributed by atoms with Crippen LogP contribution in [0.15, 0.2) is 41.5 Å². The lowest BCUT2D eigenvalue weighted by Gasteiger charge is -2.24. The number of thiophene rings is 1. The molecule has 1 unspecified atom stereocenters. The molecule has 156 valence electrons. The zero-order chi connectivity index (χ0) is 21.3. The predicted octanol–water partition coefficient (Wildman–Crippen LogP) is 2.78. The quantitative estimate of drug-likeness (QED) is 0.692. The molecule has 1 aromatic carbocycles. The zero-order valence-corrected chi connectivity index (χ0v) is 17.6. The Labute approximate surface area is 177 Å². The molecule has 0 spiro atoms. The lowest BCUT2D eigenvalue weighted by atomic mass is 10.2. The van der Waals surface area contributed by atoms with Crippen LogP contribution in [0.4, 0.5) is 4.79 Å². The molecule has 9 heteroatoms. The number of aryl methyl sites for hydroxylation is 1. The van der Waals surface area contributed by atoms with Crippen molar-refractivity contribution in [1.29, 1.82) is 0 Å². The minimum Gasteiger partial charge on any atom is -0.445 e. The summed E-state index contributed by atoms with van der Waals surface area (Å²) in [5, 5.41) is 0.461. The van der Waals surface area contributed by atoms with Gasteiger partial charge in [0.2, 0.25) is 0 Å². The van der Waals surface area contributed by atoms with Crippen molar-refractivity contribution in [3.8, 4) is 0 Å². The summed E-state index contributed by atoms with van der Waals surface area (Å²) in [5.41, 5.74) is 1.33. The Morgan fingerprint density at radius 3 is 2.83 bits per heavy atom. The summed E-state index contributed by atoms with van der Waals surface area (Å²) in [6.45, 7) is 2.94. The maximum Gasteiger partial charge on any atom is 0.410 e. The topological polar surface area (TPSA) is 95.6 Å². The molecule has 1 N–H and O–H groups in total. The summed E-state index contributed by atoms with van der Waals surface area (Å²) < 4.78 is 5.39. The smallest absolute Gasteiger partial charge is 0.410 e. The Hall–Kier alpha value is -3.20. The summed E-state index contributed by atoms with van der Waals surface area (Å²) in [4.78, 5) is 48.6. The van der Waals surface area contributed by atoms with Crippen LogP contribution in [-0.4, -0.2) is 57.9 Å². The fraction of sp³-hybridized carbons (Fsp3) is 0.333. The third kappa shape index (κ3) is 3.80. The van der Waals surface area contributed by atoms with Crippen molar-refractivity contribution in [3.05, 3.63) is 63.0 Å². The standard InChI is InChI=1S/C21H22N4O4S/c1-13-16-18(26)22-12-23-19(16)30-17(13)20(27)25-9-8-15(10-25)24(2)21(28)29-11-14-6-4-3-5-7-14/h3-7,12,15H,8-11H2,1-2H3,(H,22,23,26). The minimum atomic E-state index is -0.410. The van der Waals surface area contributed by atoms with Crippen molar-refractivity contribution >= 4 is 33.6 Å². The van der Waals surface area contributed by atoms with Gasteiger partial charge in [0.25, 0.3) is 11.5 Å². The Bertz CT molecular complexity index is 1140. The van der Waals surface area contributed by atoms with E-state index in [2.05, 4.69) is 9.97 Å². The number of rotatable bonds is 4. The van der Waals surface area contributed by atoms with Crippen molar-refractivity contribution in [2.24, 2.45) is 0 Å². The van der Waals surface area contributed by atoms with Crippen LogP contribution < -0.4 is 5.56 Å². The first-order chi connectivity index (χ1) is 14.5. The van der Waals surface area contributed by atoms with Gasteiger partial charge in [0, 0.05) is 20.1 Å². The van der Waals surface area contributed by atoms with E-state index in [1.807, 2.05) is 30.3 Å². The molecule has 1 saturated heterocycles. The van der Waals surface area contributed by atoms with Gasteiger partial charge in [-0.25, -0.2) is 9.78 Å². The molecule has 0 radical (unpaired) electrons. The molecule has 0 bridgehead atoms.